The third kappa shape index (κ3) is 5.26. The molecule has 0 N–H and O–H groups in total. The van der Waals surface area contributed by atoms with Gasteiger partial charge in [-0.25, -0.2) is 0 Å². The average molecular weight is 479 g/mol. The van der Waals surface area contributed by atoms with E-state index in [1.807, 2.05) is 37.3 Å². The largest absolute Gasteiger partial charge is 0.457 e. The van der Waals surface area contributed by atoms with Crippen LogP contribution in [0, 0.1) is 6.92 Å². The number of carbonyl (C=O) groups excluding carboxylic acids is 1. The molecule has 2 saturated heterocycles. The van der Waals surface area contributed by atoms with Crippen LogP contribution < -0.4 is 0 Å². The molecule has 0 amide bonds. The minimum absolute atomic E-state index is 0.0401. The third-order valence-electron chi connectivity index (χ3n) is 5.44. The first-order valence-electron chi connectivity index (χ1n) is 10.5. The van der Waals surface area contributed by atoms with Crippen molar-refractivity contribution in [2.24, 2.45) is 0 Å². The monoisotopic (exact) mass is 478 g/mol. The van der Waals surface area contributed by atoms with Gasteiger partial charge in [-0.2, -0.15) is 8.42 Å². The molecule has 0 aromatic heterocycles. The number of hydrogen-bond acceptors (Lipinski definition) is 9. The van der Waals surface area contributed by atoms with Gasteiger partial charge in [0, 0.05) is 19.6 Å². The van der Waals surface area contributed by atoms with Crippen molar-refractivity contribution in [1.29, 1.82) is 0 Å². The number of aryl methyl sites for hydroxylation is 1. The Labute approximate surface area is 192 Å². The highest BCUT2D eigenvalue weighted by Crippen LogP contribution is 2.37. The molecule has 6 atom stereocenters. The Morgan fingerprint density at radius 3 is 2.33 bits per heavy atom. The standard InChI is InChI=1S/C23H26O9S/c1-14-9-11-17(12-10-14)33(25,26)32-21-20(29-15(2)24)19-18(30-23(21)27-3)13-28-22(31-19)16-7-5-4-6-8-16/h4-12,18-23H,13H2,1-3H3/t18-,19+,20-,21-,22+,23+/m1/s1. The molecule has 2 aliphatic heterocycles. The number of fused-ring (bicyclic) bond motifs is 1. The first-order valence-corrected chi connectivity index (χ1v) is 11.9. The van der Waals surface area contributed by atoms with E-state index in [4.69, 9.17) is 27.9 Å². The number of ether oxygens (including phenoxy) is 5. The van der Waals surface area contributed by atoms with Gasteiger partial charge in [0.05, 0.1) is 11.5 Å². The molecule has 2 aliphatic rings. The predicted octanol–water partition coefficient (Wildman–Crippen LogP) is 2.49. The summed E-state index contributed by atoms with van der Waals surface area (Å²) >= 11 is 0. The smallest absolute Gasteiger partial charge is 0.303 e. The average Bonchev–Trinajstić information content (AvgIpc) is 2.80. The van der Waals surface area contributed by atoms with Crippen molar-refractivity contribution < 1.29 is 41.1 Å². The summed E-state index contributed by atoms with van der Waals surface area (Å²) in [5.74, 6) is -0.622. The molecular weight excluding hydrogens is 452 g/mol. The lowest BCUT2D eigenvalue weighted by Crippen LogP contribution is -2.64. The number of carbonyl (C=O) groups is 1. The van der Waals surface area contributed by atoms with E-state index < -0.39 is 53.1 Å². The molecule has 0 spiro atoms. The highest BCUT2D eigenvalue weighted by Gasteiger charge is 2.54. The molecule has 0 radical (unpaired) electrons. The van der Waals surface area contributed by atoms with Crippen molar-refractivity contribution in [3.63, 3.8) is 0 Å². The van der Waals surface area contributed by atoms with Crippen LogP contribution in [-0.2, 0) is 42.8 Å². The Bertz CT molecular complexity index is 1060. The van der Waals surface area contributed by atoms with Crippen LogP contribution in [0.25, 0.3) is 0 Å². The van der Waals surface area contributed by atoms with Gasteiger partial charge < -0.3 is 23.7 Å². The van der Waals surface area contributed by atoms with Crippen molar-refractivity contribution in [3.8, 4) is 0 Å². The topological polar surface area (TPSA) is 107 Å². The van der Waals surface area contributed by atoms with Gasteiger partial charge in [0.15, 0.2) is 24.8 Å². The van der Waals surface area contributed by atoms with Gasteiger partial charge >= 0.3 is 5.97 Å². The summed E-state index contributed by atoms with van der Waals surface area (Å²) in [5, 5.41) is 0. The number of rotatable bonds is 6. The van der Waals surface area contributed by atoms with Gasteiger partial charge in [-0.1, -0.05) is 48.0 Å². The lowest BCUT2D eigenvalue weighted by atomic mass is 9.97. The van der Waals surface area contributed by atoms with E-state index in [-0.39, 0.29) is 11.5 Å². The van der Waals surface area contributed by atoms with Crippen LogP contribution in [0.1, 0.15) is 24.3 Å². The molecule has 0 unspecified atom stereocenters. The molecule has 4 rings (SSSR count). The van der Waals surface area contributed by atoms with E-state index >= 15 is 0 Å². The molecule has 0 aliphatic carbocycles. The molecule has 2 aromatic carbocycles. The summed E-state index contributed by atoms with van der Waals surface area (Å²) < 4.78 is 60.2. The van der Waals surface area contributed by atoms with E-state index in [1.165, 1.54) is 26.2 Å². The summed E-state index contributed by atoms with van der Waals surface area (Å²) in [7, 11) is -2.88. The van der Waals surface area contributed by atoms with Gasteiger partial charge in [-0.15, -0.1) is 0 Å². The quantitative estimate of drug-likeness (QED) is 0.457. The minimum Gasteiger partial charge on any atom is -0.457 e. The van der Waals surface area contributed by atoms with E-state index in [2.05, 4.69) is 0 Å². The second-order valence-electron chi connectivity index (χ2n) is 7.86. The number of methoxy groups -OCH3 is 1. The molecule has 2 aromatic rings. The van der Waals surface area contributed by atoms with Crippen LogP contribution in [0.4, 0.5) is 0 Å². The van der Waals surface area contributed by atoms with Crippen molar-refractivity contribution in [1.82, 2.24) is 0 Å². The van der Waals surface area contributed by atoms with Crippen molar-refractivity contribution >= 4 is 16.1 Å². The summed E-state index contributed by atoms with van der Waals surface area (Å²) in [5.41, 5.74) is 1.66. The van der Waals surface area contributed by atoms with Gasteiger partial charge in [0.1, 0.15) is 12.2 Å². The second kappa shape index (κ2) is 9.88. The fourth-order valence-electron chi connectivity index (χ4n) is 3.85. The van der Waals surface area contributed by atoms with E-state index in [9.17, 15) is 13.2 Å². The first-order chi connectivity index (χ1) is 15.8. The summed E-state index contributed by atoms with van der Waals surface area (Å²) in [4.78, 5) is 11.9. The Hall–Kier alpha value is -2.34. The van der Waals surface area contributed by atoms with E-state index in [0.717, 1.165) is 11.1 Å². The molecule has 0 saturated carbocycles. The zero-order valence-electron chi connectivity index (χ0n) is 18.4. The molecule has 33 heavy (non-hydrogen) atoms. The maximum atomic E-state index is 13.0. The molecule has 2 fully saturated rings. The Kier molecular flexibility index (Phi) is 7.13. The van der Waals surface area contributed by atoms with Crippen molar-refractivity contribution in [2.45, 2.75) is 55.7 Å². The Balaban J connectivity index is 1.64. The minimum atomic E-state index is -4.23. The second-order valence-corrected chi connectivity index (χ2v) is 9.43. The van der Waals surface area contributed by atoms with Crippen molar-refractivity contribution in [3.05, 3.63) is 65.7 Å². The van der Waals surface area contributed by atoms with Gasteiger partial charge in [-0.05, 0) is 19.1 Å². The maximum Gasteiger partial charge on any atom is 0.303 e. The molecular formula is C23H26O9S. The van der Waals surface area contributed by atoms with Crippen LogP contribution in [-0.4, -0.2) is 58.8 Å². The number of hydrogen-bond donors (Lipinski definition) is 0. The summed E-state index contributed by atoms with van der Waals surface area (Å²) in [6.07, 6.45) is -5.83. The van der Waals surface area contributed by atoms with Crippen LogP contribution in [0.2, 0.25) is 0 Å². The normalized spacial score (nSPS) is 29.8. The zero-order valence-corrected chi connectivity index (χ0v) is 19.3. The highest BCUT2D eigenvalue weighted by atomic mass is 32.2. The van der Waals surface area contributed by atoms with Crippen LogP contribution in [0.5, 0.6) is 0 Å². The van der Waals surface area contributed by atoms with E-state index in [0.29, 0.717) is 0 Å². The SMILES string of the molecule is CO[C@H]1O[C@@H]2CO[C@H](c3ccccc3)O[C@@H]2[C@@H](OC(C)=O)[C@H]1OS(=O)(=O)c1ccc(C)cc1. The molecule has 0 bridgehead atoms. The number of benzene rings is 2. The molecule has 2 heterocycles. The first kappa shape index (κ1) is 23.8. The van der Waals surface area contributed by atoms with Crippen LogP contribution >= 0.6 is 0 Å². The fourth-order valence-corrected chi connectivity index (χ4v) is 4.92. The van der Waals surface area contributed by atoms with Crippen LogP contribution in [0.3, 0.4) is 0 Å². The van der Waals surface area contributed by atoms with Gasteiger partial charge in [0.2, 0.25) is 0 Å². The Morgan fingerprint density at radius 2 is 1.70 bits per heavy atom. The zero-order chi connectivity index (χ0) is 23.6. The molecule has 9 nitrogen and oxygen atoms in total. The third-order valence-corrected chi connectivity index (χ3v) is 6.76. The molecule has 10 heteroatoms. The van der Waals surface area contributed by atoms with Gasteiger partial charge in [-0.3, -0.25) is 8.98 Å². The predicted molar refractivity (Wildman–Crippen MR) is 114 cm³/mol. The maximum absolute atomic E-state index is 13.0. The fraction of sp³-hybridized carbons (Fsp3) is 0.435. The van der Waals surface area contributed by atoms with Gasteiger partial charge in [0.25, 0.3) is 10.1 Å². The van der Waals surface area contributed by atoms with Crippen molar-refractivity contribution in [2.75, 3.05) is 13.7 Å². The Morgan fingerprint density at radius 1 is 1.00 bits per heavy atom. The highest BCUT2D eigenvalue weighted by molar-refractivity contribution is 7.86. The lowest BCUT2D eigenvalue weighted by molar-refractivity contribution is -0.355. The summed E-state index contributed by atoms with van der Waals surface area (Å²) in [6, 6.07) is 15.4. The van der Waals surface area contributed by atoms with E-state index in [1.54, 1.807) is 12.1 Å². The van der Waals surface area contributed by atoms with Crippen LogP contribution in [0.15, 0.2) is 59.5 Å². The number of esters is 1. The summed E-state index contributed by atoms with van der Waals surface area (Å²) in [6.45, 7) is 3.20. The lowest BCUT2D eigenvalue weighted by Gasteiger charge is -2.47. The molecule has 178 valence electrons.